The third-order valence-corrected chi connectivity index (χ3v) is 3.73. The summed E-state index contributed by atoms with van der Waals surface area (Å²) in [6, 6.07) is 5.28. The van der Waals surface area contributed by atoms with E-state index in [1.807, 2.05) is 19.9 Å². The van der Waals surface area contributed by atoms with Crippen LogP contribution in [0.15, 0.2) is 24.3 Å². The van der Waals surface area contributed by atoms with Gasteiger partial charge in [0.15, 0.2) is 0 Å². The Morgan fingerprint density at radius 1 is 1.35 bits per heavy atom. The van der Waals surface area contributed by atoms with Crippen molar-refractivity contribution in [2.75, 3.05) is 0 Å². The molecule has 0 amide bonds. The summed E-state index contributed by atoms with van der Waals surface area (Å²) >= 11 is 12.3. The maximum Gasteiger partial charge on any atom is 0.328 e. The van der Waals surface area contributed by atoms with Crippen molar-refractivity contribution in [2.45, 2.75) is 13.8 Å². The second-order valence-electron chi connectivity index (χ2n) is 4.24. The lowest BCUT2D eigenvalue weighted by Crippen LogP contribution is -2.02. The minimum Gasteiger partial charge on any atom is -0.478 e. The average Bonchev–Trinajstić information content (AvgIpc) is 2.64. The Kier molecular flexibility index (Phi) is 4.16. The van der Waals surface area contributed by atoms with Gasteiger partial charge in [0.05, 0.1) is 22.1 Å². The van der Waals surface area contributed by atoms with E-state index in [1.165, 1.54) is 6.08 Å². The molecule has 1 aromatic heterocycles. The number of carboxylic acids is 1. The third kappa shape index (κ3) is 2.71. The van der Waals surface area contributed by atoms with Crippen LogP contribution in [0.1, 0.15) is 17.0 Å². The van der Waals surface area contributed by atoms with E-state index in [9.17, 15) is 4.79 Å². The summed E-state index contributed by atoms with van der Waals surface area (Å²) in [5.74, 6) is -1.04. The molecule has 0 unspecified atom stereocenters. The second kappa shape index (κ2) is 5.69. The molecule has 0 saturated carbocycles. The Balaban J connectivity index is 2.65. The molecule has 0 atom stereocenters. The Morgan fingerprint density at radius 3 is 2.60 bits per heavy atom. The van der Waals surface area contributed by atoms with Crippen molar-refractivity contribution in [1.82, 2.24) is 9.78 Å². The van der Waals surface area contributed by atoms with Crippen LogP contribution in [0.2, 0.25) is 10.0 Å². The molecule has 0 aliphatic carbocycles. The molecular weight excluding hydrogens is 299 g/mol. The Hall–Kier alpha value is -1.78. The number of carboxylic acid groups (broad SMARTS) is 1. The first-order chi connectivity index (χ1) is 9.41. The van der Waals surface area contributed by atoms with Crippen LogP contribution in [0.4, 0.5) is 0 Å². The number of rotatable bonds is 3. The Bertz CT molecular complexity index is 705. The van der Waals surface area contributed by atoms with E-state index in [4.69, 9.17) is 28.3 Å². The highest BCUT2D eigenvalue weighted by Crippen LogP contribution is 2.28. The van der Waals surface area contributed by atoms with Crippen LogP contribution in [0.3, 0.4) is 0 Å². The van der Waals surface area contributed by atoms with Crippen molar-refractivity contribution in [3.05, 3.63) is 51.3 Å². The average molecular weight is 311 g/mol. The van der Waals surface area contributed by atoms with Crippen LogP contribution in [0.25, 0.3) is 11.8 Å². The fraction of sp³-hybridized carbons (Fsp3) is 0.143. The monoisotopic (exact) mass is 310 g/mol. The zero-order chi connectivity index (χ0) is 14.9. The van der Waals surface area contributed by atoms with E-state index >= 15 is 0 Å². The van der Waals surface area contributed by atoms with E-state index in [0.717, 1.165) is 11.8 Å². The van der Waals surface area contributed by atoms with E-state index in [1.54, 1.807) is 16.8 Å². The molecule has 104 valence electrons. The van der Waals surface area contributed by atoms with Crippen molar-refractivity contribution < 1.29 is 9.90 Å². The van der Waals surface area contributed by atoms with Gasteiger partial charge in [0.2, 0.25) is 0 Å². The first-order valence-electron chi connectivity index (χ1n) is 5.83. The van der Waals surface area contributed by atoms with Gasteiger partial charge in [0, 0.05) is 16.7 Å². The highest BCUT2D eigenvalue weighted by molar-refractivity contribution is 6.32. The lowest BCUT2D eigenvalue weighted by atomic mass is 10.1. The number of aliphatic carboxylic acids is 1. The maximum atomic E-state index is 10.7. The lowest BCUT2D eigenvalue weighted by molar-refractivity contribution is -0.131. The van der Waals surface area contributed by atoms with Crippen LogP contribution in [0.5, 0.6) is 0 Å². The van der Waals surface area contributed by atoms with Gasteiger partial charge < -0.3 is 5.11 Å². The highest BCUT2D eigenvalue weighted by atomic mass is 35.5. The van der Waals surface area contributed by atoms with Crippen molar-refractivity contribution in [3.63, 3.8) is 0 Å². The first kappa shape index (κ1) is 14.6. The van der Waals surface area contributed by atoms with E-state index in [0.29, 0.717) is 27.0 Å². The summed E-state index contributed by atoms with van der Waals surface area (Å²) in [6.45, 7) is 3.65. The van der Waals surface area contributed by atoms with Gasteiger partial charge >= 0.3 is 5.97 Å². The van der Waals surface area contributed by atoms with E-state index < -0.39 is 5.97 Å². The summed E-state index contributed by atoms with van der Waals surface area (Å²) in [6.07, 6.45) is 2.49. The van der Waals surface area contributed by atoms with Gasteiger partial charge in [-0.2, -0.15) is 5.10 Å². The van der Waals surface area contributed by atoms with Crippen molar-refractivity contribution in [2.24, 2.45) is 0 Å². The van der Waals surface area contributed by atoms with E-state index in [2.05, 4.69) is 5.10 Å². The lowest BCUT2D eigenvalue weighted by Gasteiger charge is -2.10. The molecule has 0 aliphatic heterocycles. The molecule has 6 heteroatoms. The normalized spacial score (nSPS) is 11.2. The third-order valence-electron chi connectivity index (χ3n) is 2.85. The van der Waals surface area contributed by atoms with Crippen LogP contribution < -0.4 is 0 Å². The smallest absolute Gasteiger partial charge is 0.328 e. The molecule has 1 heterocycles. The number of carbonyl (C=O) groups is 1. The molecule has 0 spiro atoms. The number of halogens is 2. The summed E-state index contributed by atoms with van der Waals surface area (Å²) < 4.78 is 1.66. The summed E-state index contributed by atoms with van der Waals surface area (Å²) in [5, 5.41) is 14.1. The summed E-state index contributed by atoms with van der Waals surface area (Å²) in [5.41, 5.74) is 2.75. The van der Waals surface area contributed by atoms with Gasteiger partial charge in [-0.1, -0.05) is 29.3 Å². The summed E-state index contributed by atoms with van der Waals surface area (Å²) in [4.78, 5) is 10.7. The van der Waals surface area contributed by atoms with Gasteiger partial charge in [-0.3, -0.25) is 0 Å². The van der Waals surface area contributed by atoms with Crippen molar-refractivity contribution in [3.8, 4) is 5.69 Å². The zero-order valence-electron chi connectivity index (χ0n) is 10.9. The molecule has 1 aromatic carbocycles. The van der Waals surface area contributed by atoms with Gasteiger partial charge in [0.25, 0.3) is 0 Å². The van der Waals surface area contributed by atoms with Crippen molar-refractivity contribution >= 4 is 35.2 Å². The van der Waals surface area contributed by atoms with E-state index in [-0.39, 0.29) is 0 Å². The topological polar surface area (TPSA) is 55.1 Å². The largest absolute Gasteiger partial charge is 0.478 e. The number of nitrogens with zero attached hydrogens (tertiary/aromatic N) is 2. The number of hydrogen-bond donors (Lipinski definition) is 1. The number of aryl methyl sites for hydroxylation is 1. The SMILES string of the molecule is Cc1nn(-c2cccc(Cl)c2C=CC(=O)O)c(C)c1Cl. The van der Waals surface area contributed by atoms with Gasteiger partial charge in [0.1, 0.15) is 0 Å². The fourth-order valence-corrected chi connectivity index (χ4v) is 2.24. The predicted molar refractivity (Wildman–Crippen MR) is 79.7 cm³/mol. The van der Waals surface area contributed by atoms with Gasteiger partial charge in [-0.05, 0) is 32.1 Å². The molecule has 4 nitrogen and oxygen atoms in total. The predicted octanol–water partition coefficient (Wildman–Crippen LogP) is 3.89. The minimum atomic E-state index is -1.04. The van der Waals surface area contributed by atoms with Crippen LogP contribution >= 0.6 is 23.2 Å². The van der Waals surface area contributed by atoms with Crippen LogP contribution in [-0.2, 0) is 4.79 Å². The molecule has 1 N–H and O–H groups in total. The highest BCUT2D eigenvalue weighted by Gasteiger charge is 2.14. The van der Waals surface area contributed by atoms with Crippen molar-refractivity contribution in [1.29, 1.82) is 0 Å². The number of benzene rings is 1. The molecule has 0 saturated heterocycles. The second-order valence-corrected chi connectivity index (χ2v) is 5.03. The van der Waals surface area contributed by atoms with Gasteiger partial charge in [-0.25, -0.2) is 9.48 Å². The number of hydrogen-bond acceptors (Lipinski definition) is 2. The first-order valence-corrected chi connectivity index (χ1v) is 6.59. The minimum absolute atomic E-state index is 0.448. The van der Waals surface area contributed by atoms with Crippen LogP contribution in [0, 0.1) is 13.8 Å². The zero-order valence-corrected chi connectivity index (χ0v) is 12.4. The molecule has 2 rings (SSSR count). The Morgan fingerprint density at radius 2 is 2.05 bits per heavy atom. The molecule has 20 heavy (non-hydrogen) atoms. The summed E-state index contributed by atoms with van der Waals surface area (Å²) in [7, 11) is 0. The fourth-order valence-electron chi connectivity index (χ4n) is 1.89. The molecule has 0 radical (unpaired) electrons. The Labute approximate surface area is 126 Å². The number of aromatic nitrogens is 2. The maximum absolute atomic E-state index is 10.7. The van der Waals surface area contributed by atoms with Gasteiger partial charge in [-0.15, -0.1) is 0 Å². The molecule has 2 aromatic rings. The molecule has 0 fully saturated rings. The molecule has 0 aliphatic rings. The quantitative estimate of drug-likeness (QED) is 0.875. The molecule has 0 bridgehead atoms. The van der Waals surface area contributed by atoms with Crippen LogP contribution in [-0.4, -0.2) is 20.9 Å². The molecular formula is C14H12Cl2N2O2. The standard InChI is InChI=1S/C14H12Cl2N2O2/c1-8-14(16)9(2)18(17-8)12-5-3-4-11(15)10(12)6-7-13(19)20/h3-7H,1-2H3,(H,19,20).